The molecule has 0 saturated carbocycles. The number of fused-ring (bicyclic) bond motifs is 1. The Hall–Kier alpha value is -2.00. The van der Waals surface area contributed by atoms with Crippen LogP contribution in [-0.4, -0.2) is 57.7 Å². The molecule has 3 rings (SSSR count). The number of aliphatic hydroxyl groups excluding tert-OH is 1. The highest BCUT2D eigenvalue weighted by molar-refractivity contribution is 5.77. The van der Waals surface area contributed by atoms with E-state index in [4.69, 9.17) is 9.47 Å². The molecule has 0 amide bonds. The van der Waals surface area contributed by atoms with Gasteiger partial charge in [-0.3, -0.25) is 8.96 Å². The Kier molecular flexibility index (Phi) is 26.0. The summed E-state index contributed by atoms with van der Waals surface area (Å²) < 4.78 is 23.0. The van der Waals surface area contributed by atoms with Crippen LogP contribution in [0.1, 0.15) is 95.2 Å². The Bertz CT molecular complexity index is 700. The van der Waals surface area contributed by atoms with Gasteiger partial charge in [-0.25, -0.2) is 4.98 Å². The number of anilines is 1. The first-order valence-corrected chi connectivity index (χ1v) is 12.9. The van der Waals surface area contributed by atoms with E-state index >= 15 is 0 Å². The van der Waals surface area contributed by atoms with Crippen molar-refractivity contribution in [3.05, 3.63) is 6.33 Å². The Morgan fingerprint density at radius 2 is 1.68 bits per heavy atom. The third-order valence-electron chi connectivity index (χ3n) is 4.13. The van der Waals surface area contributed by atoms with Crippen molar-refractivity contribution in [2.75, 3.05) is 32.3 Å². The van der Waals surface area contributed by atoms with Crippen molar-refractivity contribution in [1.82, 2.24) is 19.5 Å². The van der Waals surface area contributed by atoms with Gasteiger partial charge in [0.2, 0.25) is 11.8 Å². The van der Waals surface area contributed by atoms with E-state index in [9.17, 15) is 9.50 Å². The smallest absolute Gasteiger partial charge is 0.247 e. The van der Waals surface area contributed by atoms with Crippen LogP contribution >= 0.6 is 0 Å². The lowest BCUT2D eigenvalue weighted by Crippen LogP contribution is -2.16. The maximum Gasteiger partial charge on any atom is 0.247 e. The van der Waals surface area contributed by atoms with E-state index in [0.717, 1.165) is 19.4 Å². The molecular formula is C25H52FN5O3. The number of rotatable bonds is 7. The number of nitrogens with zero attached hydrogens (tertiary/aromatic N) is 4. The van der Waals surface area contributed by atoms with Crippen LogP contribution in [0.25, 0.3) is 11.2 Å². The van der Waals surface area contributed by atoms with Crippen LogP contribution in [0.4, 0.5) is 10.3 Å². The Balaban J connectivity index is -0.000000854. The zero-order valence-electron chi connectivity index (χ0n) is 23.8. The van der Waals surface area contributed by atoms with E-state index in [0.29, 0.717) is 36.8 Å². The molecule has 2 N–H and O–H groups in total. The van der Waals surface area contributed by atoms with Crippen molar-refractivity contribution >= 4 is 17.1 Å². The number of aliphatic hydroxyl groups is 1. The number of halogens is 1. The van der Waals surface area contributed by atoms with Gasteiger partial charge in [0.1, 0.15) is 6.23 Å². The largest absolute Gasteiger partial charge is 0.476 e. The minimum absolute atomic E-state index is 0.0238. The molecule has 1 aliphatic rings. The molecule has 1 aliphatic heterocycles. The summed E-state index contributed by atoms with van der Waals surface area (Å²) in [5.41, 5.74) is 1.31. The highest BCUT2D eigenvalue weighted by Gasteiger charge is 2.34. The molecule has 3 atom stereocenters. The molecule has 9 heteroatoms. The number of hydrogen-bond acceptors (Lipinski definition) is 7. The number of imidazole rings is 1. The summed E-state index contributed by atoms with van der Waals surface area (Å²) >= 11 is 0. The van der Waals surface area contributed by atoms with E-state index in [1.807, 2.05) is 66.9 Å². The normalized spacial score (nSPS) is 17.6. The number of aromatic nitrogens is 4. The van der Waals surface area contributed by atoms with Gasteiger partial charge < -0.3 is 19.9 Å². The van der Waals surface area contributed by atoms with E-state index in [2.05, 4.69) is 34.1 Å². The second-order valence-corrected chi connectivity index (χ2v) is 6.08. The van der Waals surface area contributed by atoms with E-state index in [1.165, 1.54) is 0 Å². The second-order valence-electron chi connectivity index (χ2n) is 6.08. The van der Waals surface area contributed by atoms with Gasteiger partial charge >= 0.3 is 0 Å². The molecule has 2 aromatic heterocycles. The van der Waals surface area contributed by atoms with Crippen LogP contribution in [0.3, 0.4) is 0 Å². The molecule has 0 radical (unpaired) electrons. The molecule has 0 spiro atoms. The zero-order valence-corrected chi connectivity index (χ0v) is 23.8. The molecule has 202 valence electrons. The SMILES string of the molecule is CC.CC.CC.CC.CCCNc1nc(OCC)c2ncn(C3OC(CO)CC3C)c2n1.CF. The van der Waals surface area contributed by atoms with Gasteiger partial charge in [-0.1, -0.05) is 69.2 Å². The van der Waals surface area contributed by atoms with Crippen LogP contribution in [0, 0.1) is 5.92 Å². The third kappa shape index (κ3) is 11.0. The van der Waals surface area contributed by atoms with Crippen molar-refractivity contribution in [2.45, 2.75) is 101 Å². The van der Waals surface area contributed by atoms with Crippen molar-refractivity contribution in [2.24, 2.45) is 5.92 Å². The highest BCUT2D eigenvalue weighted by atomic mass is 19.1. The lowest BCUT2D eigenvalue weighted by molar-refractivity contribution is -0.0294. The standard InChI is InChI=1S/C16H25N5O3.4C2H6.CH3F/c1-4-6-17-16-19-13-12(14(20-16)23-5-2)18-9-21(13)15-10(3)7-11(8-22)24-15;5*1-2/h9-11,15,22H,4-8H2,1-3H3,(H,17,19,20);4*1-2H3;1H3. The van der Waals surface area contributed by atoms with Gasteiger partial charge in [0, 0.05) is 12.5 Å². The summed E-state index contributed by atoms with van der Waals surface area (Å²) in [6.07, 6.45) is 3.16. The van der Waals surface area contributed by atoms with Gasteiger partial charge in [0.15, 0.2) is 11.2 Å². The maximum absolute atomic E-state index is 9.50. The summed E-state index contributed by atoms with van der Waals surface area (Å²) in [6, 6.07) is 0. The molecule has 3 heterocycles. The predicted octanol–water partition coefficient (Wildman–Crippen LogP) is 6.65. The molecular weight excluding hydrogens is 437 g/mol. The van der Waals surface area contributed by atoms with Gasteiger partial charge in [0.25, 0.3) is 0 Å². The van der Waals surface area contributed by atoms with Crippen molar-refractivity contribution in [3.8, 4) is 5.88 Å². The summed E-state index contributed by atoms with van der Waals surface area (Å²) in [7, 11) is 0.500. The van der Waals surface area contributed by atoms with Gasteiger partial charge in [0.05, 0.1) is 32.8 Å². The van der Waals surface area contributed by atoms with E-state index in [1.54, 1.807) is 6.33 Å². The van der Waals surface area contributed by atoms with Crippen LogP contribution in [-0.2, 0) is 4.74 Å². The Morgan fingerprint density at radius 1 is 1.09 bits per heavy atom. The van der Waals surface area contributed by atoms with Crippen molar-refractivity contribution in [3.63, 3.8) is 0 Å². The summed E-state index contributed by atoms with van der Waals surface area (Å²) in [4.78, 5) is 13.4. The molecule has 0 bridgehead atoms. The zero-order chi connectivity index (χ0) is 27.1. The molecule has 0 aliphatic carbocycles. The lowest BCUT2D eigenvalue weighted by Gasteiger charge is -2.17. The predicted molar refractivity (Wildman–Crippen MR) is 142 cm³/mol. The van der Waals surface area contributed by atoms with Crippen LogP contribution in [0.5, 0.6) is 5.88 Å². The molecule has 34 heavy (non-hydrogen) atoms. The number of alkyl halides is 1. The highest BCUT2D eigenvalue weighted by Crippen LogP contribution is 2.36. The monoisotopic (exact) mass is 489 g/mol. The molecule has 0 aromatic carbocycles. The third-order valence-corrected chi connectivity index (χ3v) is 4.13. The summed E-state index contributed by atoms with van der Waals surface area (Å²) in [5.74, 6) is 1.26. The van der Waals surface area contributed by atoms with Gasteiger partial charge in [-0.15, -0.1) is 0 Å². The fraction of sp³-hybridized carbons (Fsp3) is 0.800. The average Bonchev–Trinajstić information content (AvgIpc) is 3.51. The molecule has 1 saturated heterocycles. The minimum atomic E-state index is -0.199. The van der Waals surface area contributed by atoms with Crippen LogP contribution in [0.15, 0.2) is 6.33 Å². The Morgan fingerprint density at radius 3 is 2.15 bits per heavy atom. The quantitative estimate of drug-likeness (QED) is 0.449. The van der Waals surface area contributed by atoms with Gasteiger partial charge in [-0.05, 0) is 19.8 Å². The number of nitrogens with one attached hydrogen (secondary N) is 1. The number of hydrogen-bond donors (Lipinski definition) is 2. The summed E-state index contributed by atoms with van der Waals surface area (Å²) in [5, 5.41) is 12.6. The topological polar surface area (TPSA) is 94.3 Å². The first kappa shape index (κ1) is 36.6. The van der Waals surface area contributed by atoms with Crippen LogP contribution < -0.4 is 10.1 Å². The molecule has 2 aromatic rings. The van der Waals surface area contributed by atoms with Gasteiger partial charge in [-0.2, -0.15) is 9.97 Å². The van der Waals surface area contributed by atoms with Crippen molar-refractivity contribution < 1.29 is 19.0 Å². The fourth-order valence-electron chi connectivity index (χ4n) is 3.01. The fourth-order valence-corrected chi connectivity index (χ4v) is 3.01. The minimum Gasteiger partial charge on any atom is -0.476 e. The molecule has 8 nitrogen and oxygen atoms in total. The molecule has 1 fully saturated rings. The first-order valence-electron chi connectivity index (χ1n) is 12.9. The average molecular weight is 490 g/mol. The number of ether oxygens (including phenoxy) is 2. The maximum atomic E-state index is 9.50. The second kappa shape index (κ2) is 24.1. The lowest BCUT2D eigenvalue weighted by atomic mass is 10.1. The van der Waals surface area contributed by atoms with E-state index < -0.39 is 0 Å². The first-order chi connectivity index (χ1) is 16.7. The van der Waals surface area contributed by atoms with Crippen molar-refractivity contribution in [1.29, 1.82) is 0 Å². The van der Waals surface area contributed by atoms with Crippen LogP contribution in [0.2, 0.25) is 0 Å². The Labute approximate surface area is 207 Å². The molecule has 3 unspecified atom stereocenters. The summed E-state index contributed by atoms with van der Waals surface area (Å²) in [6.45, 7) is 23.4. The van der Waals surface area contributed by atoms with E-state index in [-0.39, 0.29) is 24.9 Å².